The molecule has 0 saturated heterocycles. The molecule has 2 aliphatic carbocycles. The van der Waals surface area contributed by atoms with Crippen LogP contribution in [0, 0.1) is 0 Å². The van der Waals surface area contributed by atoms with Gasteiger partial charge in [0, 0.05) is 0 Å². The molecule has 5 aromatic rings. The van der Waals surface area contributed by atoms with E-state index in [-0.39, 0.29) is 21.7 Å². The molecule has 2 atom stereocenters. The van der Waals surface area contributed by atoms with E-state index in [0.29, 0.717) is 7.35 Å². The molecule has 5 aromatic carbocycles. The molecule has 0 N–H and O–H groups in total. The second kappa shape index (κ2) is 13.1. The van der Waals surface area contributed by atoms with Gasteiger partial charge in [0.2, 0.25) is 0 Å². The van der Waals surface area contributed by atoms with E-state index in [4.69, 9.17) is 0 Å². The average molecular weight is 966 g/mol. The Morgan fingerprint density at radius 2 is 0.814 bits per heavy atom. The predicted octanol–water partition coefficient (Wildman–Crippen LogP) is 16.2. The zero-order valence-corrected chi connectivity index (χ0v) is 44.4. The van der Waals surface area contributed by atoms with Gasteiger partial charge in [-0.15, -0.1) is 0 Å². The van der Waals surface area contributed by atoms with Gasteiger partial charge >= 0.3 is 358 Å². The summed E-state index contributed by atoms with van der Waals surface area (Å²) in [6.45, 7) is 30.7. The van der Waals surface area contributed by atoms with Crippen LogP contribution < -0.4 is 0 Å². The molecule has 0 radical (unpaired) electrons. The minimum absolute atomic E-state index is 0.0528. The molecular weight excluding hydrogens is 891 g/mol. The Morgan fingerprint density at radius 3 is 1.15 bits per heavy atom. The number of aryl methyl sites for hydroxylation is 1. The summed E-state index contributed by atoms with van der Waals surface area (Å²) in [6, 6.07) is 40.6. The molecule has 0 amide bonds. The quantitative estimate of drug-likeness (QED) is 0.143. The van der Waals surface area contributed by atoms with Crippen LogP contribution in [0.15, 0.2) is 115 Å². The molecule has 0 heterocycles. The van der Waals surface area contributed by atoms with Crippen molar-refractivity contribution in [2.45, 2.75) is 137 Å². The van der Waals surface area contributed by atoms with E-state index in [2.05, 4.69) is 231 Å². The van der Waals surface area contributed by atoms with E-state index in [9.17, 15) is 0 Å². The normalized spacial score (nSPS) is 18.8. The van der Waals surface area contributed by atoms with E-state index in [1.807, 2.05) is 0 Å². The molecule has 0 bridgehead atoms. The van der Waals surface area contributed by atoms with Gasteiger partial charge in [-0.3, -0.25) is 0 Å². The topological polar surface area (TPSA) is 0 Å². The fourth-order valence-corrected chi connectivity index (χ4v) is 47.7. The summed E-state index contributed by atoms with van der Waals surface area (Å²) in [5.74, 6) is 0. The predicted molar refractivity (Wildman–Crippen MR) is 263 cm³/mol. The molecule has 2 heteroatoms. The molecule has 0 nitrogen and oxygen atoms in total. The minimum atomic E-state index is -5.31. The summed E-state index contributed by atoms with van der Waals surface area (Å²) in [7, 11) is 0. The van der Waals surface area contributed by atoms with Gasteiger partial charge in [-0.1, -0.05) is 0 Å². The molecule has 0 fully saturated rings. The van der Waals surface area contributed by atoms with Crippen LogP contribution in [0.3, 0.4) is 0 Å². The zero-order chi connectivity index (χ0) is 43.3. The standard InChI is InChI=1S/2C23H27.C8H9.3CH3.Hf.H2Si/c2*1-22(2,3)18-13-17(14-19(15-18)23(4,5)6)21-12-8-10-16-9-7-11-20(16)21;1-2-8-6-4-3-5-7-8;;;;;/h2*7-15H,1-6H3;3-7H,1-2H2;3*1H3;;1H2. The van der Waals surface area contributed by atoms with Gasteiger partial charge in [-0.25, -0.2) is 0 Å². The third kappa shape index (κ3) is 7.77. The van der Waals surface area contributed by atoms with Crippen molar-refractivity contribution in [3.8, 4) is 22.3 Å². The molecule has 0 aliphatic heterocycles. The van der Waals surface area contributed by atoms with Crippen molar-refractivity contribution in [2.75, 3.05) is 0 Å². The summed E-state index contributed by atoms with van der Waals surface area (Å²) in [6.07, 6.45) is 11.5. The van der Waals surface area contributed by atoms with E-state index in [1.54, 1.807) is 0 Å². The number of benzene rings is 5. The Kier molecular flexibility index (Phi) is 9.71. The van der Waals surface area contributed by atoms with Crippen molar-refractivity contribution in [3.05, 3.63) is 165 Å². The Hall–Kier alpha value is -3.33. The number of hydrogen-bond donors (Lipinski definition) is 0. The molecule has 0 spiro atoms. The maximum absolute atomic E-state index is 5.31. The number of allylic oxidation sites excluding steroid dienone is 2. The first-order valence-corrected chi connectivity index (χ1v) is 48.3. The average Bonchev–Trinajstić information content (AvgIpc) is 3.80. The van der Waals surface area contributed by atoms with Crippen LogP contribution in [0.25, 0.3) is 34.4 Å². The maximum atomic E-state index is 2.86. The summed E-state index contributed by atoms with van der Waals surface area (Å²) < 4.78 is 10.4. The Balaban J connectivity index is 1.45. The van der Waals surface area contributed by atoms with Gasteiger partial charge in [0.05, 0.1) is 0 Å². The van der Waals surface area contributed by atoms with Gasteiger partial charge in [0.15, 0.2) is 0 Å². The Bertz CT molecular complexity index is 2450. The van der Waals surface area contributed by atoms with Gasteiger partial charge in [0.25, 0.3) is 0 Å². The van der Waals surface area contributed by atoms with Crippen LogP contribution in [0.1, 0.15) is 141 Å². The first kappa shape index (κ1) is 43.7. The van der Waals surface area contributed by atoms with Crippen LogP contribution >= 0.6 is 0 Å². The van der Waals surface area contributed by atoms with Crippen molar-refractivity contribution < 1.29 is 14.2 Å². The number of fused-ring (bicyclic) bond motifs is 2. The fraction of sp³-hybridized carbons (Fsp3) is 0.404. The summed E-state index contributed by atoms with van der Waals surface area (Å²) in [5, 5.41) is 0. The monoisotopic (exact) mass is 967 g/mol. The molecule has 0 saturated carbocycles. The SMILES string of the molecule is CC(C)(C)c1cc(-c2cccc3c2C=C[CH]3[Hf]([CH3])([CH3])([CH3])(=[SiH2])([CH2]Cc2ccccc2)[CH]2C=Cc3c(-c4cc(C(C)(C)C)cc(C(C)(C)C)c4)cccc32)cc(C(C)(C)C)c1. The molecular formula is C57H74HfSi. The van der Waals surface area contributed by atoms with Gasteiger partial charge in [-0.05, 0) is 0 Å². The van der Waals surface area contributed by atoms with Crippen LogP contribution in [-0.2, 0) is 42.3 Å². The van der Waals surface area contributed by atoms with E-state index in [0.717, 1.165) is 6.42 Å². The van der Waals surface area contributed by atoms with Crippen LogP contribution in [0.2, 0.25) is 18.2 Å². The van der Waals surface area contributed by atoms with Gasteiger partial charge in [0.1, 0.15) is 0 Å². The number of rotatable bonds is 7. The van der Waals surface area contributed by atoms with Crippen LogP contribution in [0.4, 0.5) is 0 Å². The second-order valence-electron chi connectivity index (χ2n) is 26.5. The molecule has 59 heavy (non-hydrogen) atoms. The zero-order valence-electron chi connectivity index (χ0n) is 39.4. The molecule has 2 unspecified atom stereocenters. The molecule has 2 aliphatic rings. The molecule has 0 aromatic heterocycles. The summed E-state index contributed by atoms with van der Waals surface area (Å²) in [5.41, 5.74) is 18.6. The van der Waals surface area contributed by atoms with Crippen molar-refractivity contribution in [3.63, 3.8) is 0 Å². The van der Waals surface area contributed by atoms with Gasteiger partial charge < -0.3 is 0 Å². The third-order valence-corrected chi connectivity index (χ3v) is 61.0. The second-order valence-corrected chi connectivity index (χ2v) is 108. The molecule has 7 rings (SSSR count). The van der Waals surface area contributed by atoms with Crippen LogP contribution in [-0.4, -0.2) is 6.94 Å². The molecule has 310 valence electrons. The van der Waals surface area contributed by atoms with E-state index < -0.39 is 14.2 Å². The Labute approximate surface area is 355 Å². The van der Waals surface area contributed by atoms with Crippen molar-refractivity contribution in [1.29, 1.82) is 0 Å². The first-order chi connectivity index (χ1) is 26.9. The van der Waals surface area contributed by atoms with Gasteiger partial charge in [-0.2, -0.15) is 0 Å². The van der Waals surface area contributed by atoms with Crippen molar-refractivity contribution in [1.82, 2.24) is 0 Å². The Morgan fingerprint density at radius 1 is 0.458 bits per heavy atom. The van der Waals surface area contributed by atoms with E-state index in [1.165, 1.54) is 76.5 Å². The van der Waals surface area contributed by atoms with Crippen LogP contribution in [0.5, 0.6) is 0 Å². The summed E-state index contributed by atoms with van der Waals surface area (Å²) >= 11 is -5.31. The first-order valence-electron chi connectivity index (χ1n) is 22.5. The van der Waals surface area contributed by atoms with E-state index >= 15 is 0 Å². The third-order valence-electron chi connectivity index (χ3n) is 15.4. The van der Waals surface area contributed by atoms with Crippen molar-refractivity contribution in [2.24, 2.45) is 0 Å². The number of hydrogen-bond acceptors (Lipinski definition) is 0. The fourth-order valence-electron chi connectivity index (χ4n) is 10.9. The summed E-state index contributed by atoms with van der Waals surface area (Å²) in [4.78, 5) is 0. The van der Waals surface area contributed by atoms with Crippen molar-refractivity contribution >= 4 is 19.1 Å².